The third kappa shape index (κ3) is 2.95. The summed E-state index contributed by atoms with van der Waals surface area (Å²) in [7, 11) is 1.65. The zero-order chi connectivity index (χ0) is 15.6. The van der Waals surface area contributed by atoms with Gasteiger partial charge in [0.2, 0.25) is 5.88 Å². The first-order valence-electron chi connectivity index (χ1n) is 7.68. The highest BCUT2D eigenvalue weighted by Crippen LogP contribution is 2.46. The van der Waals surface area contributed by atoms with Gasteiger partial charge in [-0.2, -0.15) is 0 Å². The van der Waals surface area contributed by atoms with Crippen LogP contribution in [0.5, 0.6) is 11.6 Å². The SMILES string of the molecule is COc1ccc([C@H]2C[C@@H]2COc2ccc3ncccc3n2)nc1. The van der Waals surface area contributed by atoms with Gasteiger partial charge in [-0.3, -0.25) is 9.97 Å². The number of aromatic nitrogens is 3. The Kier molecular flexibility index (Phi) is 3.54. The van der Waals surface area contributed by atoms with E-state index in [0.29, 0.717) is 24.3 Å². The predicted octanol–water partition coefficient (Wildman–Crippen LogP) is 3.22. The predicted molar refractivity (Wildman–Crippen MR) is 86.7 cm³/mol. The highest BCUT2D eigenvalue weighted by atomic mass is 16.5. The van der Waals surface area contributed by atoms with E-state index in [2.05, 4.69) is 15.0 Å². The molecule has 1 aliphatic carbocycles. The molecule has 3 aromatic heterocycles. The van der Waals surface area contributed by atoms with Crippen LogP contribution >= 0.6 is 0 Å². The van der Waals surface area contributed by atoms with Crippen molar-refractivity contribution in [3.63, 3.8) is 0 Å². The molecule has 23 heavy (non-hydrogen) atoms. The standard InChI is InChI=1S/C18H17N3O2/c1-22-13-4-5-15(20-10-13)14-9-12(14)11-23-18-7-6-16-17(21-18)3-2-8-19-16/h2-8,10,12,14H,9,11H2,1H3/t12-,14+/m1/s1. The van der Waals surface area contributed by atoms with Crippen LogP contribution in [0.15, 0.2) is 48.8 Å². The molecule has 0 N–H and O–H groups in total. The second kappa shape index (κ2) is 5.83. The maximum Gasteiger partial charge on any atom is 0.213 e. The summed E-state index contributed by atoms with van der Waals surface area (Å²) in [5, 5.41) is 0. The van der Waals surface area contributed by atoms with Gasteiger partial charge in [-0.05, 0) is 36.8 Å². The molecule has 116 valence electrons. The summed E-state index contributed by atoms with van der Waals surface area (Å²) in [6.45, 7) is 0.664. The van der Waals surface area contributed by atoms with Gasteiger partial charge < -0.3 is 9.47 Å². The van der Waals surface area contributed by atoms with E-state index in [1.165, 1.54) is 0 Å². The normalized spacial score (nSPS) is 19.5. The van der Waals surface area contributed by atoms with E-state index in [0.717, 1.165) is 28.9 Å². The third-order valence-corrected chi connectivity index (χ3v) is 4.17. The van der Waals surface area contributed by atoms with Gasteiger partial charge in [0.1, 0.15) is 5.75 Å². The molecule has 0 aromatic carbocycles. The Balaban J connectivity index is 1.37. The molecule has 0 saturated heterocycles. The van der Waals surface area contributed by atoms with Crippen LogP contribution < -0.4 is 9.47 Å². The van der Waals surface area contributed by atoms with Gasteiger partial charge in [-0.1, -0.05) is 0 Å². The van der Waals surface area contributed by atoms with E-state index in [1.807, 2.05) is 36.4 Å². The topological polar surface area (TPSA) is 57.1 Å². The van der Waals surface area contributed by atoms with Crippen molar-refractivity contribution in [1.29, 1.82) is 0 Å². The van der Waals surface area contributed by atoms with Gasteiger partial charge in [0.25, 0.3) is 0 Å². The largest absolute Gasteiger partial charge is 0.495 e. The lowest BCUT2D eigenvalue weighted by molar-refractivity contribution is 0.286. The number of nitrogens with zero attached hydrogens (tertiary/aromatic N) is 3. The van der Waals surface area contributed by atoms with E-state index in [4.69, 9.17) is 9.47 Å². The Morgan fingerprint density at radius 3 is 2.87 bits per heavy atom. The van der Waals surface area contributed by atoms with Gasteiger partial charge in [0, 0.05) is 29.8 Å². The summed E-state index contributed by atoms with van der Waals surface area (Å²) < 4.78 is 11.0. The van der Waals surface area contributed by atoms with Crippen LogP contribution in [-0.2, 0) is 0 Å². The smallest absolute Gasteiger partial charge is 0.213 e. The minimum absolute atomic E-state index is 0.475. The fourth-order valence-electron chi connectivity index (χ4n) is 2.74. The van der Waals surface area contributed by atoms with Crippen LogP contribution in [0.3, 0.4) is 0 Å². The number of hydrogen-bond donors (Lipinski definition) is 0. The van der Waals surface area contributed by atoms with Crippen molar-refractivity contribution in [1.82, 2.24) is 15.0 Å². The Morgan fingerprint density at radius 1 is 1.09 bits per heavy atom. The van der Waals surface area contributed by atoms with Gasteiger partial charge in [-0.15, -0.1) is 0 Å². The summed E-state index contributed by atoms with van der Waals surface area (Å²) in [6, 6.07) is 11.6. The Bertz CT molecular complexity index is 820. The maximum absolute atomic E-state index is 5.84. The molecule has 0 amide bonds. The number of rotatable bonds is 5. The molecule has 0 radical (unpaired) electrons. The van der Waals surface area contributed by atoms with Crippen LogP contribution in [0, 0.1) is 5.92 Å². The first-order valence-corrected chi connectivity index (χ1v) is 7.68. The number of pyridine rings is 3. The summed E-state index contributed by atoms with van der Waals surface area (Å²) in [6.07, 6.45) is 4.64. The van der Waals surface area contributed by atoms with Gasteiger partial charge in [-0.25, -0.2) is 4.98 Å². The Hall–Kier alpha value is -2.69. The molecular formula is C18H17N3O2. The number of ether oxygens (including phenoxy) is 2. The molecule has 2 atom stereocenters. The zero-order valence-electron chi connectivity index (χ0n) is 12.8. The summed E-state index contributed by atoms with van der Waals surface area (Å²) >= 11 is 0. The van der Waals surface area contributed by atoms with Crippen LogP contribution in [0.1, 0.15) is 18.0 Å². The Labute approximate surface area is 134 Å². The highest BCUT2D eigenvalue weighted by Gasteiger charge is 2.40. The monoisotopic (exact) mass is 307 g/mol. The molecule has 5 nitrogen and oxygen atoms in total. The molecular weight excluding hydrogens is 290 g/mol. The van der Waals surface area contributed by atoms with Crippen molar-refractivity contribution < 1.29 is 9.47 Å². The molecule has 1 aliphatic rings. The van der Waals surface area contributed by atoms with E-state index in [1.54, 1.807) is 19.5 Å². The van der Waals surface area contributed by atoms with Crippen molar-refractivity contribution in [3.8, 4) is 11.6 Å². The molecule has 0 aliphatic heterocycles. The van der Waals surface area contributed by atoms with Crippen LogP contribution in [0.25, 0.3) is 11.0 Å². The maximum atomic E-state index is 5.84. The fourth-order valence-corrected chi connectivity index (χ4v) is 2.74. The average molecular weight is 307 g/mol. The van der Waals surface area contributed by atoms with Crippen molar-refractivity contribution in [2.75, 3.05) is 13.7 Å². The second-order valence-electron chi connectivity index (χ2n) is 5.73. The summed E-state index contributed by atoms with van der Waals surface area (Å²) in [4.78, 5) is 13.2. The molecule has 5 heteroatoms. The molecule has 3 aromatic rings. The molecule has 1 fully saturated rings. The Morgan fingerprint density at radius 2 is 2.04 bits per heavy atom. The molecule has 3 heterocycles. The zero-order valence-corrected chi connectivity index (χ0v) is 12.8. The van der Waals surface area contributed by atoms with E-state index < -0.39 is 0 Å². The number of fused-ring (bicyclic) bond motifs is 1. The van der Waals surface area contributed by atoms with Gasteiger partial charge in [0.05, 0.1) is 30.9 Å². The minimum Gasteiger partial charge on any atom is -0.495 e. The molecule has 4 rings (SSSR count). The summed E-state index contributed by atoms with van der Waals surface area (Å²) in [5.41, 5.74) is 2.84. The lowest BCUT2D eigenvalue weighted by Gasteiger charge is -2.06. The third-order valence-electron chi connectivity index (χ3n) is 4.17. The van der Waals surface area contributed by atoms with Crippen molar-refractivity contribution in [2.24, 2.45) is 5.92 Å². The van der Waals surface area contributed by atoms with E-state index >= 15 is 0 Å². The van der Waals surface area contributed by atoms with Crippen LogP contribution in [0.2, 0.25) is 0 Å². The second-order valence-corrected chi connectivity index (χ2v) is 5.73. The molecule has 0 spiro atoms. The number of methoxy groups -OCH3 is 1. The summed E-state index contributed by atoms with van der Waals surface area (Å²) in [5.74, 6) is 2.42. The van der Waals surface area contributed by atoms with Gasteiger partial charge in [0.15, 0.2) is 0 Å². The van der Waals surface area contributed by atoms with Crippen molar-refractivity contribution in [2.45, 2.75) is 12.3 Å². The molecule has 0 bridgehead atoms. The van der Waals surface area contributed by atoms with Crippen LogP contribution in [-0.4, -0.2) is 28.7 Å². The van der Waals surface area contributed by atoms with E-state index in [-0.39, 0.29) is 0 Å². The fraction of sp³-hybridized carbons (Fsp3) is 0.278. The number of hydrogen-bond acceptors (Lipinski definition) is 5. The molecule has 0 unspecified atom stereocenters. The average Bonchev–Trinajstić information content (AvgIpc) is 3.39. The van der Waals surface area contributed by atoms with Crippen molar-refractivity contribution in [3.05, 3.63) is 54.5 Å². The lowest BCUT2D eigenvalue weighted by Crippen LogP contribution is -2.03. The van der Waals surface area contributed by atoms with E-state index in [9.17, 15) is 0 Å². The quantitative estimate of drug-likeness (QED) is 0.724. The first-order chi connectivity index (χ1) is 11.3. The molecule has 1 saturated carbocycles. The minimum atomic E-state index is 0.475. The first kappa shape index (κ1) is 13.9. The van der Waals surface area contributed by atoms with Crippen LogP contribution in [0.4, 0.5) is 0 Å². The van der Waals surface area contributed by atoms with Crippen molar-refractivity contribution >= 4 is 11.0 Å². The lowest BCUT2D eigenvalue weighted by atomic mass is 10.2. The van der Waals surface area contributed by atoms with Gasteiger partial charge >= 0.3 is 0 Å². The highest BCUT2D eigenvalue weighted by molar-refractivity contribution is 5.74.